The number of rotatable bonds is 6. The Morgan fingerprint density at radius 3 is 2.62 bits per heavy atom. The fourth-order valence-corrected chi connectivity index (χ4v) is 0.980. The van der Waals surface area contributed by atoms with E-state index >= 15 is 0 Å². The van der Waals surface area contributed by atoms with Crippen LogP contribution in [0, 0.1) is 0 Å². The maximum Gasteiger partial charge on any atom is 0.236 e. The summed E-state index contributed by atoms with van der Waals surface area (Å²) in [4.78, 5) is 11.0. The number of amides is 1. The van der Waals surface area contributed by atoms with Crippen molar-refractivity contribution in [3.63, 3.8) is 0 Å². The van der Waals surface area contributed by atoms with E-state index in [2.05, 4.69) is 10.6 Å². The molecule has 2 unspecified atom stereocenters. The van der Waals surface area contributed by atoms with Gasteiger partial charge in [0.25, 0.3) is 0 Å². The first-order valence-electron chi connectivity index (χ1n) is 4.74. The van der Waals surface area contributed by atoms with Crippen molar-refractivity contribution >= 4 is 5.91 Å². The molecule has 4 nitrogen and oxygen atoms in total. The number of hydrogen-bond acceptors (Lipinski definition) is 3. The van der Waals surface area contributed by atoms with Crippen molar-refractivity contribution < 1.29 is 9.90 Å². The van der Waals surface area contributed by atoms with Gasteiger partial charge in [-0.2, -0.15) is 0 Å². The van der Waals surface area contributed by atoms with Crippen molar-refractivity contribution in [1.82, 2.24) is 10.6 Å². The summed E-state index contributed by atoms with van der Waals surface area (Å²) in [5.74, 6) is -0.0222. The zero-order valence-electron chi connectivity index (χ0n) is 8.63. The summed E-state index contributed by atoms with van der Waals surface area (Å²) < 4.78 is 0. The van der Waals surface area contributed by atoms with Crippen LogP contribution >= 0.6 is 0 Å². The van der Waals surface area contributed by atoms with Crippen LogP contribution in [0.25, 0.3) is 0 Å². The lowest BCUT2D eigenvalue weighted by Gasteiger charge is -2.13. The number of hydrogen-bond donors (Lipinski definition) is 3. The largest absolute Gasteiger partial charge is 0.393 e. The topological polar surface area (TPSA) is 61.4 Å². The first kappa shape index (κ1) is 12.4. The molecule has 0 aliphatic heterocycles. The van der Waals surface area contributed by atoms with Crippen LogP contribution in [0.1, 0.15) is 26.7 Å². The number of carbonyl (C=O) groups is 1. The third kappa shape index (κ3) is 5.60. The lowest BCUT2D eigenvalue weighted by atomic mass is 10.2. The lowest BCUT2D eigenvalue weighted by Crippen LogP contribution is -2.41. The summed E-state index contributed by atoms with van der Waals surface area (Å²) in [6, 6.07) is -0.186. The summed E-state index contributed by atoms with van der Waals surface area (Å²) >= 11 is 0. The Morgan fingerprint density at radius 1 is 1.54 bits per heavy atom. The lowest BCUT2D eigenvalue weighted by molar-refractivity contribution is -0.122. The smallest absolute Gasteiger partial charge is 0.236 e. The molecule has 0 spiro atoms. The van der Waals surface area contributed by atoms with Gasteiger partial charge in [0, 0.05) is 7.05 Å². The number of likely N-dealkylation sites (N-methyl/N-ethyl adjacent to an activating group) is 1. The van der Waals surface area contributed by atoms with Gasteiger partial charge in [-0.05, 0) is 26.3 Å². The monoisotopic (exact) mass is 188 g/mol. The van der Waals surface area contributed by atoms with Gasteiger partial charge in [-0.1, -0.05) is 6.92 Å². The molecule has 2 atom stereocenters. The molecule has 0 aliphatic carbocycles. The van der Waals surface area contributed by atoms with Crippen LogP contribution < -0.4 is 10.6 Å². The molecule has 0 aromatic heterocycles. The average molecular weight is 188 g/mol. The third-order valence-corrected chi connectivity index (χ3v) is 2.04. The van der Waals surface area contributed by atoms with E-state index in [9.17, 15) is 9.90 Å². The second kappa shape index (κ2) is 6.86. The van der Waals surface area contributed by atoms with Gasteiger partial charge >= 0.3 is 0 Å². The molecule has 0 radical (unpaired) electrons. The van der Waals surface area contributed by atoms with Gasteiger partial charge in [-0.3, -0.25) is 4.79 Å². The summed E-state index contributed by atoms with van der Waals surface area (Å²) in [6.45, 7) is 4.41. The van der Waals surface area contributed by atoms with Crippen molar-refractivity contribution in [3.05, 3.63) is 0 Å². The van der Waals surface area contributed by atoms with E-state index in [-0.39, 0.29) is 18.1 Å². The molecule has 0 bridgehead atoms. The van der Waals surface area contributed by atoms with Gasteiger partial charge in [0.05, 0.1) is 12.1 Å². The standard InChI is InChI=1S/C9H20N2O2/c1-4-8(12)5-6-11-7(2)9(13)10-3/h7-8,11-12H,4-6H2,1-3H3,(H,10,13). The number of aliphatic hydroxyl groups excluding tert-OH is 1. The van der Waals surface area contributed by atoms with Crippen molar-refractivity contribution in [2.45, 2.75) is 38.8 Å². The maximum atomic E-state index is 11.0. The Morgan fingerprint density at radius 2 is 2.15 bits per heavy atom. The second-order valence-corrected chi connectivity index (χ2v) is 3.14. The molecule has 0 aliphatic rings. The Kier molecular flexibility index (Phi) is 6.54. The van der Waals surface area contributed by atoms with Crippen LogP contribution in [0.15, 0.2) is 0 Å². The van der Waals surface area contributed by atoms with Crippen LogP contribution in [0.2, 0.25) is 0 Å². The Labute approximate surface area is 79.7 Å². The highest BCUT2D eigenvalue weighted by atomic mass is 16.3. The van der Waals surface area contributed by atoms with E-state index in [0.29, 0.717) is 13.0 Å². The van der Waals surface area contributed by atoms with Crippen molar-refractivity contribution in [2.75, 3.05) is 13.6 Å². The van der Waals surface area contributed by atoms with Crippen molar-refractivity contribution in [1.29, 1.82) is 0 Å². The summed E-state index contributed by atoms with van der Waals surface area (Å²) in [5, 5.41) is 14.8. The minimum Gasteiger partial charge on any atom is -0.393 e. The molecule has 3 N–H and O–H groups in total. The van der Waals surface area contributed by atoms with E-state index in [4.69, 9.17) is 0 Å². The van der Waals surface area contributed by atoms with Crippen LogP contribution in [-0.4, -0.2) is 36.8 Å². The molecule has 0 saturated carbocycles. The molecule has 0 fully saturated rings. The van der Waals surface area contributed by atoms with E-state index in [1.54, 1.807) is 14.0 Å². The molecule has 0 saturated heterocycles. The Hall–Kier alpha value is -0.610. The molecule has 4 heteroatoms. The Balaban J connectivity index is 3.47. The summed E-state index contributed by atoms with van der Waals surface area (Å²) in [6.07, 6.45) is 1.19. The first-order valence-corrected chi connectivity index (χ1v) is 4.74. The molecular formula is C9H20N2O2. The van der Waals surface area contributed by atoms with E-state index in [1.807, 2.05) is 6.92 Å². The fourth-order valence-electron chi connectivity index (χ4n) is 0.980. The number of carbonyl (C=O) groups excluding carboxylic acids is 1. The summed E-state index contributed by atoms with van der Waals surface area (Å²) in [7, 11) is 1.61. The van der Waals surface area contributed by atoms with Gasteiger partial charge < -0.3 is 15.7 Å². The van der Waals surface area contributed by atoms with Gasteiger partial charge in [0.2, 0.25) is 5.91 Å². The molecule has 0 heterocycles. The van der Waals surface area contributed by atoms with Gasteiger partial charge in [0.1, 0.15) is 0 Å². The van der Waals surface area contributed by atoms with E-state index in [0.717, 1.165) is 6.42 Å². The average Bonchev–Trinajstić information content (AvgIpc) is 2.15. The first-order chi connectivity index (χ1) is 6.11. The number of nitrogens with one attached hydrogen (secondary N) is 2. The molecule has 0 rings (SSSR count). The highest BCUT2D eigenvalue weighted by molar-refractivity contribution is 5.80. The Bertz CT molecular complexity index is 151. The summed E-state index contributed by atoms with van der Waals surface area (Å²) in [5.41, 5.74) is 0. The molecule has 1 amide bonds. The minimum absolute atomic E-state index is 0.0222. The van der Waals surface area contributed by atoms with Crippen LogP contribution in [0.3, 0.4) is 0 Å². The zero-order chi connectivity index (χ0) is 10.3. The third-order valence-electron chi connectivity index (χ3n) is 2.04. The van der Waals surface area contributed by atoms with Gasteiger partial charge in [0.15, 0.2) is 0 Å². The van der Waals surface area contributed by atoms with Gasteiger partial charge in [-0.25, -0.2) is 0 Å². The molecule has 78 valence electrons. The second-order valence-electron chi connectivity index (χ2n) is 3.14. The SMILES string of the molecule is CCC(O)CCNC(C)C(=O)NC. The minimum atomic E-state index is -0.260. The van der Waals surface area contributed by atoms with Crippen LogP contribution in [-0.2, 0) is 4.79 Å². The molecule has 13 heavy (non-hydrogen) atoms. The quantitative estimate of drug-likeness (QED) is 0.544. The predicted molar refractivity (Wildman–Crippen MR) is 52.4 cm³/mol. The predicted octanol–water partition coefficient (Wildman–Crippen LogP) is -0.128. The van der Waals surface area contributed by atoms with Crippen LogP contribution in [0.4, 0.5) is 0 Å². The van der Waals surface area contributed by atoms with E-state index < -0.39 is 0 Å². The van der Waals surface area contributed by atoms with Crippen LogP contribution in [0.5, 0.6) is 0 Å². The van der Waals surface area contributed by atoms with E-state index in [1.165, 1.54) is 0 Å². The molecule has 0 aromatic rings. The van der Waals surface area contributed by atoms with Gasteiger partial charge in [-0.15, -0.1) is 0 Å². The highest BCUT2D eigenvalue weighted by Crippen LogP contribution is 1.94. The molecule has 0 aromatic carbocycles. The number of aliphatic hydroxyl groups is 1. The van der Waals surface area contributed by atoms with Crippen molar-refractivity contribution in [3.8, 4) is 0 Å². The normalized spacial score (nSPS) is 15.1. The molecular weight excluding hydrogens is 168 g/mol. The van der Waals surface area contributed by atoms with Crippen molar-refractivity contribution in [2.24, 2.45) is 0 Å². The fraction of sp³-hybridized carbons (Fsp3) is 0.889. The highest BCUT2D eigenvalue weighted by Gasteiger charge is 2.09. The maximum absolute atomic E-state index is 11.0. The zero-order valence-corrected chi connectivity index (χ0v) is 8.63.